The molecule has 0 atom stereocenters. The lowest BCUT2D eigenvalue weighted by molar-refractivity contribution is 0.144. The maximum atomic E-state index is 5.30. The summed E-state index contributed by atoms with van der Waals surface area (Å²) in [5.41, 5.74) is 2.98. The molecule has 1 aromatic rings. The monoisotopic (exact) mass is 249 g/mol. The molecule has 2 heteroatoms. The van der Waals surface area contributed by atoms with Gasteiger partial charge in [0.2, 0.25) is 0 Å². The lowest BCUT2D eigenvalue weighted by Crippen LogP contribution is -2.17. The van der Waals surface area contributed by atoms with Crippen molar-refractivity contribution in [2.75, 3.05) is 19.8 Å². The highest BCUT2D eigenvalue weighted by atomic mass is 16.5. The fourth-order valence-electron chi connectivity index (χ4n) is 1.80. The lowest BCUT2D eigenvalue weighted by atomic mass is 9.87. The van der Waals surface area contributed by atoms with E-state index in [0.717, 1.165) is 32.7 Å². The zero-order chi connectivity index (χ0) is 13.4. The van der Waals surface area contributed by atoms with Crippen molar-refractivity contribution >= 4 is 0 Å². The fourth-order valence-corrected chi connectivity index (χ4v) is 1.80. The molecule has 0 unspecified atom stereocenters. The van der Waals surface area contributed by atoms with Crippen LogP contribution in [-0.4, -0.2) is 19.8 Å². The first kappa shape index (κ1) is 15.2. The standard InChI is InChI=1S/C16H27NO/c1-5-18-12-6-11-17-13-14-7-9-15(10-8-14)16(2,3)4/h7-10,17H,5-6,11-13H2,1-4H3. The third kappa shape index (κ3) is 5.65. The molecule has 1 aromatic carbocycles. The van der Waals surface area contributed by atoms with Crippen molar-refractivity contribution in [3.8, 4) is 0 Å². The first-order valence-corrected chi connectivity index (χ1v) is 6.92. The maximum Gasteiger partial charge on any atom is 0.0477 e. The van der Waals surface area contributed by atoms with E-state index in [4.69, 9.17) is 4.74 Å². The summed E-state index contributed by atoms with van der Waals surface area (Å²) >= 11 is 0. The van der Waals surface area contributed by atoms with Crippen LogP contribution in [0.15, 0.2) is 24.3 Å². The second-order valence-electron chi connectivity index (χ2n) is 5.67. The Bertz CT molecular complexity index is 324. The van der Waals surface area contributed by atoms with Crippen LogP contribution in [0.25, 0.3) is 0 Å². The number of hydrogen-bond acceptors (Lipinski definition) is 2. The second-order valence-corrected chi connectivity index (χ2v) is 5.67. The molecule has 0 aliphatic heterocycles. The largest absolute Gasteiger partial charge is 0.382 e. The van der Waals surface area contributed by atoms with Gasteiger partial charge in [0, 0.05) is 19.8 Å². The predicted octanol–water partition coefficient (Wildman–Crippen LogP) is 3.50. The number of ether oxygens (including phenoxy) is 1. The van der Waals surface area contributed by atoms with E-state index in [0.29, 0.717) is 0 Å². The summed E-state index contributed by atoms with van der Waals surface area (Å²) in [6.45, 7) is 12.4. The van der Waals surface area contributed by atoms with Crippen molar-refractivity contribution < 1.29 is 4.74 Å². The molecule has 18 heavy (non-hydrogen) atoms. The number of hydrogen-bond donors (Lipinski definition) is 1. The van der Waals surface area contributed by atoms with E-state index >= 15 is 0 Å². The third-order valence-corrected chi connectivity index (χ3v) is 3.00. The highest BCUT2D eigenvalue weighted by molar-refractivity contribution is 5.27. The minimum Gasteiger partial charge on any atom is -0.382 e. The number of nitrogens with one attached hydrogen (secondary N) is 1. The van der Waals surface area contributed by atoms with Gasteiger partial charge in [-0.2, -0.15) is 0 Å². The second kappa shape index (κ2) is 7.55. The first-order valence-electron chi connectivity index (χ1n) is 6.92. The molecule has 0 saturated heterocycles. The quantitative estimate of drug-likeness (QED) is 0.747. The molecule has 0 amide bonds. The van der Waals surface area contributed by atoms with Crippen LogP contribution in [0.1, 0.15) is 45.2 Å². The lowest BCUT2D eigenvalue weighted by Gasteiger charge is -2.19. The van der Waals surface area contributed by atoms with Gasteiger partial charge >= 0.3 is 0 Å². The van der Waals surface area contributed by atoms with Crippen LogP contribution in [0.3, 0.4) is 0 Å². The summed E-state index contributed by atoms with van der Waals surface area (Å²) in [5, 5.41) is 3.44. The molecule has 0 saturated carbocycles. The summed E-state index contributed by atoms with van der Waals surface area (Å²) in [7, 11) is 0. The minimum absolute atomic E-state index is 0.240. The average Bonchev–Trinajstić information content (AvgIpc) is 2.33. The van der Waals surface area contributed by atoms with Crippen LogP contribution in [0.2, 0.25) is 0 Å². The molecule has 0 aliphatic rings. The van der Waals surface area contributed by atoms with Gasteiger partial charge in [0.25, 0.3) is 0 Å². The van der Waals surface area contributed by atoms with Crippen LogP contribution in [0.4, 0.5) is 0 Å². The molecule has 0 spiro atoms. The van der Waals surface area contributed by atoms with Crippen molar-refractivity contribution in [3.63, 3.8) is 0 Å². The van der Waals surface area contributed by atoms with Gasteiger partial charge in [0.15, 0.2) is 0 Å². The Morgan fingerprint density at radius 1 is 1.11 bits per heavy atom. The zero-order valence-electron chi connectivity index (χ0n) is 12.3. The van der Waals surface area contributed by atoms with Gasteiger partial charge in [-0.3, -0.25) is 0 Å². The van der Waals surface area contributed by atoms with Crippen LogP contribution >= 0.6 is 0 Å². The number of rotatable bonds is 7. The van der Waals surface area contributed by atoms with Crippen molar-refractivity contribution in [2.24, 2.45) is 0 Å². The smallest absolute Gasteiger partial charge is 0.0477 e. The molecule has 0 bridgehead atoms. The van der Waals surface area contributed by atoms with Gasteiger partial charge in [-0.05, 0) is 36.4 Å². The highest BCUT2D eigenvalue weighted by Gasteiger charge is 2.12. The molecule has 1 N–H and O–H groups in total. The van der Waals surface area contributed by atoms with Crippen molar-refractivity contribution in [3.05, 3.63) is 35.4 Å². The number of benzene rings is 1. The highest BCUT2D eigenvalue weighted by Crippen LogP contribution is 2.22. The summed E-state index contributed by atoms with van der Waals surface area (Å²) in [5.74, 6) is 0. The Morgan fingerprint density at radius 3 is 2.33 bits per heavy atom. The van der Waals surface area contributed by atoms with E-state index < -0.39 is 0 Å². The van der Waals surface area contributed by atoms with Gasteiger partial charge < -0.3 is 10.1 Å². The van der Waals surface area contributed by atoms with E-state index in [2.05, 4.69) is 50.4 Å². The van der Waals surface area contributed by atoms with E-state index in [1.165, 1.54) is 11.1 Å². The molecule has 0 fully saturated rings. The van der Waals surface area contributed by atoms with Crippen LogP contribution in [-0.2, 0) is 16.7 Å². The summed E-state index contributed by atoms with van der Waals surface area (Å²) in [6.07, 6.45) is 1.08. The molecule has 1 rings (SSSR count). The predicted molar refractivity (Wildman–Crippen MR) is 78.0 cm³/mol. The van der Waals surface area contributed by atoms with Crippen LogP contribution < -0.4 is 5.32 Å². The molecular formula is C16H27NO. The first-order chi connectivity index (χ1) is 8.54. The Labute approximate surface area is 112 Å². The summed E-state index contributed by atoms with van der Waals surface area (Å²) in [4.78, 5) is 0. The topological polar surface area (TPSA) is 21.3 Å². The zero-order valence-corrected chi connectivity index (χ0v) is 12.3. The van der Waals surface area contributed by atoms with E-state index in [1.807, 2.05) is 6.92 Å². The summed E-state index contributed by atoms with van der Waals surface area (Å²) < 4.78 is 5.30. The van der Waals surface area contributed by atoms with E-state index in [-0.39, 0.29) is 5.41 Å². The van der Waals surface area contributed by atoms with Gasteiger partial charge in [-0.25, -0.2) is 0 Å². The van der Waals surface area contributed by atoms with Crippen molar-refractivity contribution in [1.29, 1.82) is 0 Å². The van der Waals surface area contributed by atoms with Crippen molar-refractivity contribution in [2.45, 2.75) is 46.1 Å². The molecule has 0 aromatic heterocycles. The SMILES string of the molecule is CCOCCCNCc1ccc(C(C)(C)C)cc1. The third-order valence-electron chi connectivity index (χ3n) is 3.00. The Hall–Kier alpha value is -0.860. The van der Waals surface area contributed by atoms with Gasteiger partial charge in [0.05, 0.1) is 0 Å². The average molecular weight is 249 g/mol. The Morgan fingerprint density at radius 2 is 1.78 bits per heavy atom. The van der Waals surface area contributed by atoms with Crippen LogP contribution in [0, 0.1) is 0 Å². The normalized spacial score (nSPS) is 11.8. The molecular weight excluding hydrogens is 222 g/mol. The van der Waals surface area contributed by atoms with Gasteiger partial charge in [0.1, 0.15) is 0 Å². The van der Waals surface area contributed by atoms with Gasteiger partial charge in [-0.15, -0.1) is 0 Å². The molecule has 0 heterocycles. The fraction of sp³-hybridized carbons (Fsp3) is 0.625. The minimum atomic E-state index is 0.240. The summed E-state index contributed by atoms with van der Waals surface area (Å²) in [6, 6.07) is 8.90. The maximum absolute atomic E-state index is 5.30. The van der Waals surface area contributed by atoms with Gasteiger partial charge in [-0.1, -0.05) is 45.0 Å². The van der Waals surface area contributed by atoms with E-state index in [1.54, 1.807) is 0 Å². The van der Waals surface area contributed by atoms with E-state index in [9.17, 15) is 0 Å². The molecule has 2 nitrogen and oxygen atoms in total. The molecule has 0 aliphatic carbocycles. The Balaban J connectivity index is 2.27. The molecule has 0 radical (unpaired) electrons. The molecule has 102 valence electrons. The Kier molecular flexibility index (Phi) is 6.37. The van der Waals surface area contributed by atoms with Crippen LogP contribution in [0.5, 0.6) is 0 Å². The van der Waals surface area contributed by atoms with Crippen molar-refractivity contribution in [1.82, 2.24) is 5.32 Å².